The van der Waals surface area contributed by atoms with Crippen molar-refractivity contribution in [1.29, 1.82) is 0 Å². The molecule has 4 aromatic rings. The predicted octanol–water partition coefficient (Wildman–Crippen LogP) is 5.33. The van der Waals surface area contributed by atoms with Crippen LogP contribution in [0, 0.1) is 6.92 Å². The van der Waals surface area contributed by atoms with Crippen molar-refractivity contribution in [2.24, 2.45) is 0 Å². The Labute approximate surface area is 154 Å². The summed E-state index contributed by atoms with van der Waals surface area (Å²) in [4.78, 5) is 15.8. The number of fused-ring (bicyclic) bond motifs is 1. The maximum Gasteiger partial charge on any atom is 0.164 e. The lowest BCUT2D eigenvalue weighted by Crippen LogP contribution is -2.03. The Kier molecular flexibility index (Phi) is 4.34. The second kappa shape index (κ2) is 6.78. The van der Waals surface area contributed by atoms with E-state index in [0.717, 1.165) is 32.2 Å². The van der Waals surface area contributed by atoms with Crippen LogP contribution in [0.2, 0.25) is 5.02 Å². The fraction of sp³-hybridized carbons (Fsp3) is 0.105. The molecule has 1 N–H and O–H groups in total. The van der Waals surface area contributed by atoms with Crippen molar-refractivity contribution in [1.82, 2.24) is 15.0 Å². The molecular formula is C19H15ClN4S. The first-order valence-corrected chi connectivity index (χ1v) is 9.05. The highest BCUT2D eigenvalue weighted by atomic mass is 35.5. The molecule has 3 heterocycles. The first-order valence-electron chi connectivity index (χ1n) is 7.86. The number of rotatable bonds is 4. The van der Waals surface area contributed by atoms with Crippen LogP contribution in [0.4, 0.5) is 5.82 Å². The zero-order chi connectivity index (χ0) is 17.2. The molecule has 0 aliphatic rings. The van der Waals surface area contributed by atoms with Gasteiger partial charge in [-0.2, -0.15) is 0 Å². The van der Waals surface area contributed by atoms with Crippen LogP contribution in [0.1, 0.15) is 10.4 Å². The molecule has 0 radical (unpaired) electrons. The fourth-order valence-electron chi connectivity index (χ4n) is 2.59. The van der Waals surface area contributed by atoms with E-state index >= 15 is 0 Å². The van der Waals surface area contributed by atoms with Crippen molar-refractivity contribution < 1.29 is 0 Å². The summed E-state index contributed by atoms with van der Waals surface area (Å²) in [5.74, 6) is 1.52. The SMILES string of the molecule is Cc1cc2c(NCc3ccc(Cl)cc3)nc(-c3cccnc3)nc2s1. The van der Waals surface area contributed by atoms with E-state index < -0.39 is 0 Å². The maximum absolute atomic E-state index is 5.95. The van der Waals surface area contributed by atoms with E-state index in [0.29, 0.717) is 12.4 Å². The van der Waals surface area contributed by atoms with Crippen molar-refractivity contribution >= 4 is 39.0 Å². The Morgan fingerprint density at radius 3 is 2.72 bits per heavy atom. The van der Waals surface area contributed by atoms with E-state index in [9.17, 15) is 0 Å². The van der Waals surface area contributed by atoms with Gasteiger partial charge in [0.2, 0.25) is 0 Å². The van der Waals surface area contributed by atoms with E-state index in [2.05, 4.69) is 23.3 Å². The molecular weight excluding hydrogens is 352 g/mol. The normalized spacial score (nSPS) is 11.0. The standard InChI is InChI=1S/C19H15ClN4S/c1-12-9-16-18(22-10-13-4-6-15(20)7-5-13)23-17(24-19(16)25-12)14-3-2-8-21-11-14/h2-9,11H,10H2,1H3,(H,22,23,24). The van der Waals surface area contributed by atoms with Gasteiger partial charge in [0, 0.05) is 34.4 Å². The minimum absolute atomic E-state index is 0.671. The number of halogens is 1. The monoisotopic (exact) mass is 366 g/mol. The molecule has 0 aliphatic heterocycles. The lowest BCUT2D eigenvalue weighted by atomic mass is 10.2. The van der Waals surface area contributed by atoms with Crippen LogP contribution >= 0.6 is 22.9 Å². The third kappa shape index (κ3) is 3.48. The molecule has 124 valence electrons. The van der Waals surface area contributed by atoms with Crippen LogP contribution in [0.25, 0.3) is 21.6 Å². The lowest BCUT2D eigenvalue weighted by Gasteiger charge is -2.09. The fourth-order valence-corrected chi connectivity index (χ4v) is 3.59. The van der Waals surface area contributed by atoms with Crippen LogP contribution in [0.5, 0.6) is 0 Å². The van der Waals surface area contributed by atoms with Crippen LogP contribution in [-0.2, 0) is 6.54 Å². The van der Waals surface area contributed by atoms with Gasteiger partial charge in [0.1, 0.15) is 10.6 Å². The zero-order valence-electron chi connectivity index (χ0n) is 13.5. The van der Waals surface area contributed by atoms with Gasteiger partial charge in [0.05, 0.1) is 5.39 Å². The number of nitrogens with zero attached hydrogens (tertiary/aromatic N) is 3. The number of hydrogen-bond donors (Lipinski definition) is 1. The Morgan fingerprint density at radius 2 is 1.96 bits per heavy atom. The third-order valence-corrected chi connectivity index (χ3v) is 5.01. The minimum Gasteiger partial charge on any atom is -0.365 e. The number of nitrogens with one attached hydrogen (secondary N) is 1. The molecule has 0 aliphatic carbocycles. The third-order valence-electron chi connectivity index (χ3n) is 3.81. The molecule has 0 atom stereocenters. The van der Waals surface area contributed by atoms with Crippen LogP contribution in [0.3, 0.4) is 0 Å². The Balaban J connectivity index is 1.72. The first kappa shape index (κ1) is 16.0. The maximum atomic E-state index is 5.95. The highest BCUT2D eigenvalue weighted by Crippen LogP contribution is 2.31. The van der Waals surface area contributed by atoms with Crippen molar-refractivity contribution in [2.45, 2.75) is 13.5 Å². The molecule has 0 fully saturated rings. The van der Waals surface area contributed by atoms with E-state index in [1.165, 1.54) is 4.88 Å². The molecule has 6 heteroatoms. The molecule has 0 unspecified atom stereocenters. The molecule has 4 rings (SSSR count). The summed E-state index contributed by atoms with van der Waals surface area (Å²) in [6.07, 6.45) is 3.53. The zero-order valence-corrected chi connectivity index (χ0v) is 15.1. The molecule has 1 aromatic carbocycles. The highest BCUT2D eigenvalue weighted by molar-refractivity contribution is 7.18. The van der Waals surface area contributed by atoms with Gasteiger partial charge in [0.15, 0.2) is 5.82 Å². The van der Waals surface area contributed by atoms with Crippen molar-refractivity contribution in [3.8, 4) is 11.4 Å². The largest absolute Gasteiger partial charge is 0.365 e. The molecule has 0 saturated heterocycles. The van der Waals surface area contributed by atoms with Crippen molar-refractivity contribution in [3.05, 3.63) is 70.3 Å². The summed E-state index contributed by atoms with van der Waals surface area (Å²) in [6.45, 7) is 2.75. The molecule has 25 heavy (non-hydrogen) atoms. The molecule has 0 bridgehead atoms. The molecule has 3 aromatic heterocycles. The number of hydrogen-bond acceptors (Lipinski definition) is 5. The number of thiophene rings is 1. The molecule has 0 saturated carbocycles. The van der Waals surface area contributed by atoms with Gasteiger partial charge in [-0.25, -0.2) is 9.97 Å². The van der Waals surface area contributed by atoms with Gasteiger partial charge in [-0.15, -0.1) is 11.3 Å². The van der Waals surface area contributed by atoms with Gasteiger partial charge < -0.3 is 5.32 Å². The quantitative estimate of drug-likeness (QED) is 0.530. The second-order valence-corrected chi connectivity index (χ2v) is 7.36. The second-order valence-electron chi connectivity index (χ2n) is 5.69. The Bertz CT molecular complexity index is 1010. The number of aryl methyl sites for hydroxylation is 1. The predicted molar refractivity (Wildman–Crippen MR) is 104 cm³/mol. The van der Waals surface area contributed by atoms with Gasteiger partial charge >= 0.3 is 0 Å². The van der Waals surface area contributed by atoms with E-state index in [1.54, 1.807) is 23.7 Å². The van der Waals surface area contributed by atoms with Crippen molar-refractivity contribution in [3.63, 3.8) is 0 Å². The van der Waals surface area contributed by atoms with E-state index in [-0.39, 0.29) is 0 Å². The Morgan fingerprint density at radius 1 is 1.12 bits per heavy atom. The summed E-state index contributed by atoms with van der Waals surface area (Å²) >= 11 is 7.62. The summed E-state index contributed by atoms with van der Waals surface area (Å²) in [5, 5.41) is 5.22. The number of anilines is 1. The molecule has 4 nitrogen and oxygen atoms in total. The van der Waals surface area contributed by atoms with Crippen LogP contribution in [0.15, 0.2) is 54.9 Å². The Hall–Kier alpha value is -2.50. The average molecular weight is 367 g/mol. The van der Waals surface area contributed by atoms with Crippen LogP contribution < -0.4 is 5.32 Å². The van der Waals surface area contributed by atoms with Gasteiger partial charge in [0.25, 0.3) is 0 Å². The summed E-state index contributed by atoms with van der Waals surface area (Å²) in [5.41, 5.74) is 2.05. The molecule has 0 amide bonds. The minimum atomic E-state index is 0.671. The van der Waals surface area contributed by atoms with E-state index in [1.807, 2.05) is 36.4 Å². The average Bonchev–Trinajstić information content (AvgIpc) is 3.02. The molecule has 0 spiro atoms. The highest BCUT2D eigenvalue weighted by Gasteiger charge is 2.12. The van der Waals surface area contributed by atoms with Crippen molar-refractivity contribution in [2.75, 3.05) is 5.32 Å². The number of aromatic nitrogens is 3. The van der Waals surface area contributed by atoms with E-state index in [4.69, 9.17) is 21.6 Å². The van der Waals surface area contributed by atoms with Gasteiger partial charge in [-0.05, 0) is 42.8 Å². The topological polar surface area (TPSA) is 50.7 Å². The lowest BCUT2D eigenvalue weighted by molar-refractivity contribution is 1.11. The van der Waals surface area contributed by atoms with Gasteiger partial charge in [-0.3, -0.25) is 4.98 Å². The summed E-state index contributed by atoms with van der Waals surface area (Å²) in [6, 6.07) is 13.8. The number of pyridine rings is 1. The number of benzene rings is 1. The first-order chi connectivity index (χ1) is 12.2. The van der Waals surface area contributed by atoms with Gasteiger partial charge in [-0.1, -0.05) is 23.7 Å². The smallest absolute Gasteiger partial charge is 0.164 e. The summed E-state index contributed by atoms with van der Waals surface area (Å²) < 4.78 is 0. The van der Waals surface area contributed by atoms with Crippen LogP contribution in [-0.4, -0.2) is 15.0 Å². The summed E-state index contributed by atoms with van der Waals surface area (Å²) in [7, 11) is 0.